The number of carbonyl (C=O) groups excluding carboxylic acids is 3. The lowest BCUT2D eigenvalue weighted by molar-refractivity contribution is -0.118. The zero-order valence-electron chi connectivity index (χ0n) is 11.3. The summed E-state index contributed by atoms with van der Waals surface area (Å²) in [6, 6.07) is 4.34. The summed E-state index contributed by atoms with van der Waals surface area (Å²) in [5, 5.41) is 2.52. The van der Waals surface area contributed by atoms with Crippen molar-refractivity contribution < 1.29 is 23.9 Å². The van der Waals surface area contributed by atoms with Gasteiger partial charge in [-0.2, -0.15) is 0 Å². The summed E-state index contributed by atoms with van der Waals surface area (Å²) in [4.78, 5) is 33.7. The molecule has 0 spiro atoms. The Labute approximate surface area is 116 Å². The van der Waals surface area contributed by atoms with Gasteiger partial charge in [-0.05, 0) is 25.1 Å². The minimum Gasteiger partial charge on any atom is -0.484 e. The summed E-state index contributed by atoms with van der Waals surface area (Å²) < 4.78 is 9.86. The number of Topliss-reactive ketones (excluding diaryl/α,β-unsaturated/α-hetero) is 1. The highest BCUT2D eigenvalue weighted by atomic mass is 16.5. The normalized spacial score (nSPS) is 9.75. The highest BCUT2D eigenvalue weighted by Crippen LogP contribution is 2.26. The Morgan fingerprint density at radius 1 is 1.30 bits per heavy atom. The average Bonchev–Trinajstić information content (AvgIpc) is 2.44. The van der Waals surface area contributed by atoms with Crippen molar-refractivity contribution in [1.29, 1.82) is 0 Å². The molecule has 1 amide bonds. The second-order valence-electron chi connectivity index (χ2n) is 3.95. The van der Waals surface area contributed by atoms with E-state index in [2.05, 4.69) is 10.1 Å². The lowest BCUT2D eigenvalue weighted by Crippen LogP contribution is -2.22. The number of ether oxygens (including phenoxy) is 2. The summed E-state index contributed by atoms with van der Waals surface area (Å²) >= 11 is 0. The number of carbonyl (C=O) groups is 3. The van der Waals surface area contributed by atoms with Crippen molar-refractivity contribution in [3.05, 3.63) is 23.8 Å². The van der Waals surface area contributed by atoms with Crippen molar-refractivity contribution >= 4 is 23.3 Å². The lowest BCUT2D eigenvalue weighted by atomic mass is 10.2. The summed E-state index contributed by atoms with van der Waals surface area (Å²) in [5.74, 6) is -0.952. The Kier molecular flexibility index (Phi) is 5.67. The van der Waals surface area contributed by atoms with Crippen LogP contribution in [0.4, 0.5) is 5.69 Å². The first-order chi connectivity index (χ1) is 9.47. The maximum atomic E-state index is 11.4. The van der Waals surface area contributed by atoms with Gasteiger partial charge < -0.3 is 20.5 Å². The van der Waals surface area contributed by atoms with Gasteiger partial charge in [-0.25, -0.2) is 4.79 Å². The Balaban J connectivity index is 3.05. The van der Waals surface area contributed by atoms with E-state index in [1.807, 2.05) is 0 Å². The van der Waals surface area contributed by atoms with Crippen molar-refractivity contribution in [1.82, 2.24) is 0 Å². The minimum absolute atomic E-state index is 0.171. The van der Waals surface area contributed by atoms with Crippen LogP contribution in [0.1, 0.15) is 17.3 Å². The molecule has 0 saturated heterocycles. The number of hydrogen-bond acceptors (Lipinski definition) is 6. The monoisotopic (exact) mass is 280 g/mol. The first-order valence-electron chi connectivity index (χ1n) is 5.82. The average molecular weight is 280 g/mol. The van der Waals surface area contributed by atoms with Crippen LogP contribution in [0.2, 0.25) is 0 Å². The Bertz CT molecular complexity index is 527. The van der Waals surface area contributed by atoms with E-state index in [9.17, 15) is 14.4 Å². The van der Waals surface area contributed by atoms with Crippen molar-refractivity contribution in [2.24, 2.45) is 5.73 Å². The molecule has 3 N–H and O–H groups in total. The second kappa shape index (κ2) is 7.25. The maximum absolute atomic E-state index is 11.4. The molecule has 0 aliphatic heterocycles. The van der Waals surface area contributed by atoms with Crippen LogP contribution in [-0.2, 0) is 14.3 Å². The van der Waals surface area contributed by atoms with E-state index >= 15 is 0 Å². The molecule has 108 valence electrons. The first-order valence-corrected chi connectivity index (χ1v) is 5.82. The molecule has 1 aromatic carbocycles. The molecule has 20 heavy (non-hydrogen) atoms. The quantitative estimate of drug-likeness (QED) is 0.727. The van der Waals surface area contributed by atoms with Crippen LogP contribution < -0.4 is 15.8 Å². The van der Waals surface area contributed by atoms with Gasteiger partial charge in [-0.15, -0.1) is 0 Å². The van der Waals surface area contributed by atoms with Crippen molar-refractivity contribution in [3.8, 4) is 5.75 Å². The maximum Gasteiger partial charge on any atom is 0.337 e. The van der Waals surface area contributed by atoms with Crippen molar-refractivity contribution in [2.75, 3.05) is 25.6 Å². The van der Waals surface area contributed by atoms with E-state index in [0.29, 0.717) is 5.69 Å². The van der Waals surface area contributed by atoms with E-state index < -0.39 is 11.9 Å². The zero-order chi connectivity index (χ0) is 15.1. The van der Waals surface area contributed by atoms with Crippen LogP contribution >= 0.6 is 0 Å². The van der Waals surface area contributed by atoms with Crippen LogP contribution in [0.25, 0.3) is 0 Å². The number of hydrogen-bond donors (Lipinski definition) is 2. The number of ketones is 1. The molecule has 0 radical (unpaired) electrons. The van der Waals surface area contributed by atoms with Crippen LogP contribution in [0.3, 0.4) is 0 Å². The number of anilines is 1. The smallest absolute Gasteiger partial charge is 0.337 e. The highest BCUT2D eigenvalue weighted by molar-refractivity contribution is 5.95. The molecule has 0 aliphatic rings. The summed E-state index contributed by atoms with van der Waals surface area (Å²) in [6.07, 6.45) is 0. The molecular formula is C13H16N2O5. The number of nitrogens with two attached hydrogens (primary N) is 1. The van der Waals surface area contributed by atoms with E-state index in [1.165, 1.54) is 32.2 Å². The van der Waals surface area contributed by atoms with Crippen molar-refractivity contribution in [2.45, 2.75) is 6.92 Å². The van der Waals surface area contributed by atoms with Gasteiger partial charge in [-0.1, -0.05) is 0 Å². The van der Waals surface area contributed by atoms with Gasteiger partial charge >= 0.3 is 5.97 Å². The van der Waals surface area contributed by atoms with Gasteiger partial charge in [0.1, 0.15) is 12.4 Å². The molecule has 0 bridgehead atoms. The number of nitrogens with one attached hydrogen (secondary N) is 1. The molecule has 0 fully saturated rings. The van der Waals surface area contributed by atoms with Crippen LogP contribution in [0.5, 0.6) is 5.75 Å². The molecule has 0 aliphatic carbocycles. The molecule has 1 rings (SSSR count). The van der Waals surface area contributed by atoms with Crippen LogP contribution in [0, 0.1) is 0 Å². The molecule has 7 heteroatoms. The molecule has 1 aromatic rings. The minimum atomic E-state index is -0.547. The Morgan fingerprint density at radius 2 is 2.00 bits per heavy atom. The fraction of sp³-hybridized carbons (Fsp3) is 0.308. The fourth-order valence-corrected chi connectivity index (χ4v) is 1.37. The number of amides is 1. The summed E-state index contributed by atoms with van der Waals surface area (Å²) in [6.45, 7) is 1.00. The molecule has 7 nitrogen and oxygen atoms in total. The van der Waals surface area contributed by atoms with E-state index in [4.69, 9.17) is 10.5 Å². The fourth-order valence-electron chi connectivity index (χ4n) is 1.37. The molecule has 0 atom stereocenters. The van der Waals surface area contributed by atoms with Crippen molar-refractivity contribution in [3.63, 3.8) is 0 Å². The SMILES string of the molecule is COC(=O)c1ccc(NC(=O)CN)c(OCC(C)=O)c1. The van der Waals surface area contributed by atoms with E-state index in [-0.39, 0.29) is 30.2 Å². The van der Waals surface area contributed by atoms with Gasteiger partial charge in [0.25, 0.3) is 0 Å². The highest BCUT2D eigenvalue weighted by Gasteiger charge is 2.13. The number of esters is 1. The molecule has 0 saturated carbocycles. The van der Waals surface area contributed by atoms with Gasteiger partial charge in [0.2, 0.25) is 5.91 Å². The van der Waals surface area contributed by atoms with Crippen LogP contribution in [0.15, 0.2) is 18.2 Å². The largest absolute Gasteiger partial charge is 0.484 e. The lowest BCUT2D eigenvalue weighted by Gasteiger charge is -2.12. The van der Waals surface area contributed by atoms with Gasteiger partial charge in [0, 0.05) is 0 Å². The molecule has 0 unspecified atom stereocenters. The number of benzene rings is 1. The van der Waals surface area contributed by atoms with Gasteiger partial charge in [0.05, 0.1) is 24.9 Å². The molecule has 0 aromatic heterocycles. The number of methoxy groups -OCH3 is 1. The topological polar surface area (TPSA) is 108 Å². The van der Waals surface area contributed by atoms with E-state index in [0.717, 1.165) is 0 Å². The summed E-state index contributed by atoms with van der Waals surface area (Å²) in [7, 11) is 1.25. The Hall–Kier alpha value is -2.41. The predicted octanol–water partition coefficient (Wildman–Crippen LogP) is 0.338. The third-order valence-corrected chi connectivity index (χ3v) is 2.29. The van der Waals surface area contributed by atoms with Gasteiger partial charge in [0.15, 0.2) is 5.78 Å². The predicted molar refractivity (Wildman–Crippen MR) is 71.6 cm³/mol. The molecule has 0 heterocycles. The second-order valence-corrected chi connectivity index (χ2v) is 3.95. The zero-order valence-corrected chi connectivity index (χ0v) is 11.3. The third-order valence-electron chi connectivity index (χ3n) is 2.29. The van der Waals surface area contributed by atoms with Crippen LogP contribution in [-0.4, -0.2) is 37.9 Å². The number of rotatable bonds is 6. The third kappa shape index (κ3) is 4.36. The first kappa shape index (κ1) is 15.6. The Morgan fingerprint density at radius 3 is 2.55 bits per heavy atom. The van der Waals surface area contributed by atoms with Gasteiger partial charge in [-0.3, -0.25) is 9.59 Å². The molecular weight excluding hydrogens is 264 g/mol. The summed E-state index contributed by atoms with van der Waals surface area (Å²) in [5.41, 5.74) is 5.79. The standard InChI is InChI=1S/C13H16N2O5/c1-8(16)7-20-11-5-9(13(18)19-2)3-4-10(11)15-12(17)6-14/h3-5H,6-7,14H2,1-2H3,(H,15,17). The van der Waals surface area contributed by atoms with E-state index in [1.54, 1.807) is 0 Å².